The van der Waals surface area contributed by atoms with Crippen molar-refractivity contribution in [3.05, 3.63) is 63.8 Å². The Morgan fingerprint density at radius 1 is 1.14 bits per heavy atom. The topological polar surface area (TPSA) is 44.9 Å². The molecule has 3 nitrogen and oxygen atoms in total. The molecule has 0 saturated heterocycles. The standard InChI is InChI=1S/C16H12Cl2N2O/c1-9-5-6-12(17)15(14(9)18)20-16(21)11-3-2-4-13-10(11)7-8-19-13/h2-8,19H,1H3,(H,20,21). The van der Waals surface area contributed by atoms with Crippen LogP contribution in [-0.2, 0) is 0 Å². The van der Waals surface area contributed by atoms with Crippen LogP contribution in [-0.4, -0.2) is 10.9 Å². The highest BCUT2D eigenvalue weighted by Gasteiger charge is 2.15. The molecule has 5 heteroatoms. The quantitative estimate of drug-likeness (QED) is 0.683. The number of carbonyl (C=O) groups is 1. The Kier molecular flexibility index (Phi) is 3.62. The summed E-state index contributed by atoms with van der Waals surface area (Å²) in [6, 6.07) is 10.9. The van der Waals surface area contributed by atoms with E-state index in [0.717, 1.165) is 16.5 Å². The van der Waals surface area contributed by atoms with E-state index >= 15 is 0 Å². The number of carbonyl (C=O) groups excluding carboxylic acids is 1. The first-order valence-electron chi connectivity index (χ1n) is 6.40. The van der Waals surface area contributed by atoms with Crippen LogP contribution in [0.4, 0.5) is 5.69 Å². The van der Waals surface area contributed by atoms with Gasteiger partial charge in [-0.25, -0.2) is 0 Å². The first kappa shape index (κ1) is 14.0. The van der Waals surface area contributed by atoms with Gasteiger partial charge in [-0.15, -0.1) is 0 Å². The Bertz CT molecular complexity index is 839. The SMILES string of the molecule is Cc1ccc(Cl)c(NC(=O)c2cccc3[nH]ccc23)c1Cl. The van der Waals surface area contributed by atoms with Gasteiger partial charge < -0.3 is 10.3 Å². The van der Waals surface area contributed by atoms with Gasteiger partial charge in [-0.3, -0.25) is 4.79 Å². The van der Waals surface area contributed by atoms with Crippen LogP contribution in [0.25, 0.3) is 10.9 Å². The number of aromatic amines is 1. The molecule has 2 N–H and O–H groups in total. The lowest BCUT2D eigenvalue weighted by Gasteiger charge is -2.11. The van der Waals surface area contributed by atoms with Gasteiger partial charge >= 0.3 is 0 Å². The number of rotatable bonds is 2. The number of hydrogen-bond acceptors (Lipinski definition) is 1. The molecule has 0 bridgehead atoms. The second-order valence-corrected chi connectivity index (χ2v) is 5.54. The molecule has 1 heterocycles. The van der Waals surface area contributed by atoms with Crippen LogP contribution in [0.1, 0.15) is 15.9 Å². The average Bonchev–Trinajstić information content (AvgIpc) is 2.95. The molecule has 0 aliphatic heterocycles. The maximum atomic E-state index is 12.5. The fourth-order valence-corrected chi connectivity index (χ4v) is 2.70. The van der Waals surface area contributed by atoms with E-state index in [1.807, 2.05) is 31.2 Å². The van der Waals surface area contributed by atoms with Crippen LogP contribution < -0.4 is 5.32 Å². The van der Waals surface area contributed by atoms with E-state index in [-0.39, 0.29) is 5.91 Å². The molecule has 0 radical (unpaired) electrons. The number of fused-ring (bicyclic) bond motifs is 1. The van der Waals surface area contributed by atoms with Crippen LogP contribution in [0.15, 0.2) is 42.6 Å². The van der Waals surface area contributed by atoms with E-state index in [9.17, 15) is 4.79 Å². The highest BCUT2D eigenvalue weighted by atomic mass is 35.5. The van der Waals surface area contributed by atoms with Crippen LogP contribution >= 0.6 is 23.2 Å². The molecule has 0 saturated carbocycles. The summed E-state index contributed by atoms with van der Waals surface area (Å²) in [4.78, 5) is 15.6. The molecule has 1 aromatic heterocycles. The van der Waals surface area contributed by atoms with Crippen molar-refractivity contribution < 1.29 is 4.79 Å². The third-order valence-electron chi connectivity index (χ3n) is 3.36. The van der Waals surface area contributed by atoms with Gasteiger partial charge in [-0.2, -0.15) is 0 Å². The van der Waals surface area contributed by atoms with Crippen molar-refractivity contribution in [2.75, 3.05) is 5.32 Å². The minimum atomic E-state index is -0.241. The van der Waals surface area contributed by atoms with Crippen LogP contribution in [0.2, 0.25) is 10.0 Å². The lowest BCUT2D eigenvalue weighted by Crippen LogP contribution is -2.13. The molecule has 3 rings (SSSR count). The molecule has 0 unspecified atom stereocenters. The minimum Gasteiger partial charge on any atom is -0.361 e. The fourth-order valence-electron chi connectivity index (χ4n) is 2.24. The molecule has 0 aliphatic rings. The minimum absolute atomic E-state index is 0.241. The first-order chi connectivity index (χ1) is 10.1. The third-order valence-corrected chi connectivity index (χ3v) is 4.16. The molecule has 3 aromatic rings. The van der Waals surface area contributed by atoms with Crippen LogP contribution in [0.5, 0.6) is 0 Å². The molecular formula is C16H12Cl2N2O. The van der Waals surface area contributed by atoms with Crippen molar-refractivity contribution in [2.45, 2.75) is 6.92 Å². The summed E-state index contributed by atoms with van der Waals surface area (Å²) in [5, 5.41) is 4.53. The maximum Gasteiger partial charge on any atom is 0.256 e. The Morgan fingerprint density at radius 3 is 2.76 bits per heavy atom. The zero-order valence-electron chi connectivity index (χ0n) is 11.2. The summed E-state index contributed by atoms with van der Waals surface area (Å²) in [5.74, 6) is -0.241. The lowest BCUT2D eigenvalue weighted by molar-refractivity contribution is 0.102. The monoisotopic (exact) mass is 318 g/mol. The van der Waals surface area contributed by atoms with E-state index in [2.05, 4.69) is 10.3 Å². The predicted molar refractivity (Wildman–Crippen MR) is 87.5 cm³/mol. The number of aromatic nitrogens is 1. The van der Waals surface area contributed by atoms with Crippen molar-refractivity contribution in [3.63, 3.8) is 0 Å². The summed E-state index contributed by atoms with van der Waals surface area (Å²) in [6.07, 6.45) is 1.80. The molecule has 0 fully saturated rings. The molecular weight excluding hydrogens is 307 g/mol. The van der Waals surface area contributed by atoms with Crippen LogP contribution in [0.3, 0.4) is 0 Å². The number of aryl methyl sites for hydroxylation is 1. The molecule has 1 amide bonds. The first-order valence-corrected chi connectivity index (χ1v) is 7.15. The van der Waals surface area contributed by atoms with Crippen LogP contribution in [0, 0.1) is 6.92 Å². The summed E-state index contributed by atoms with van der Waals surface area (Å²) in [5.41, 5.74) is 2.78. The zero-order chi connectivity index (χ0) is 15.0. The lowest BCUT2D eigenvalue weighted by atomic mass is 10.1. The Labute approximate surface area is 131 Å². The highest BCUT2D eigenvalue weighted by molar-refractivity contribution is 6.40. The van der Waals surface area contributed by atoms with E-state index < -0.39 is 0 Å². The Morgan fingerprint density at radius 2 is 1.95 bits per heavy atom. The summed E-state index contributed by atoms with van der Waals surface area (Å²) < 4.78 is 0. The van der Waals surface area contributed by atoms with Crippen molar-refractivity contribution in [1.29, 1.82) is 0 Å². The van der Waals surface area contributed by atoms with Gasteiger partial charge in [0.1, 0.15) is 0 Å². The number of anilines is 1. The molecule has 0 aliphatic carbocycles. The summed E-state index contributed by atoms with van der Waals surface area (Å²) in [6.45, 7) is 1.86. The second-order valence-electron chi connectivity index (χ2n) is 4.75. The van der Waals surface area contributed by atoms with Gasteiger partial charge in [-0.1, -0.05) is 35.3 Å². The Hall–Kier alpha value is -1.97. The molecule has 0 spiro atoms. The summed E-state index contributed by atoms with van der Waals surface area (Å²) in [7, 11) is 0. The van der Waals surface area contributed by atoms with E-state index in [1.54, 1.807) is 18.3 Å². The molecule has 2 aromatic carbocycles. The van der Waals surface area contributed by atoms with Gasteiger partial charge in [0, 0.05) is 22.7 Å². The van der Waals surface area contributed by atoms with Gasteiger partial charge in [-0.05, 0) is 36.8 Å². The smallest absolute Gasteiger partial charge is 0.256 e. The molecule has 106 valence electrons. The van der Waals surface area contributed by atoms with E-state index in [1.165, 1.54) is 0 Å². The van der Waals surface area contributed by atoms with Crippen molar-refractivity contribution in [2.24, 2.45) is 0 Å². The Balaban J connectivity index is 2.01. The summed E-state index contributed by atoms with van der Waals surface area (Å²) >= 11 is 12.3. The van der Waals surface area contributed by atoms with Gasteiger partial charge in [0.2, 0.25) is 0 Å². The number of H-pyrrole nitrogens is 1. The van der Waals surface area contributed by atoms with Crippen molar-refractivity contribution >= 4 is 45.7 Å². The maximum absolute atomic E-state index is 12.5. The zero-order valence-corrected chi connectivity index (χ0v) is 12.7. The number of benzene rings is 2. The molecule has 0 atom stereocenters. The van der Waals surface area contributed by atoms with Crippen molar-refractivity contribution in [3.8, 4) is 0 Å². The number of halogens is 2. The van der Waals surface area contributed by atoms with E-state index in [4.69, 9.17) is 23.2 Å². The fraction of sp³-hybridized carbons (Fsp3) is 0.0625. The van der Waals surface area contributed by atoms with Crippen molar-refractivity contribution in [1.82, 2.24) is 4.98 Å². The number of nitrogens with one attached hydrogen (secondary N) is 2. The highest BCUT2D eigenvalue weighted by Crippen LogP contribution is 2.33. The van der Waals surface area contributed by atoms with Gasteiger partial charge in [0.15, 0.2) is 0 Å². The van der Waals surface area contributed by atoms with E-state index in [0.29, 0.717) is 21.3 Å². The molecule has 21 heavy (non-hydrogen) atoms. The van der Waals surface area contributed by atoms with Gasteiger partial charge in [0.25, 0.3) is 5.91 Å². The number of hydrogen-bond donors (Lipinski definition) is 2. The number of amides is 1. The predicted octanol–water partition coefficient (Wildman–Crippen LogP) is 5.04. The average molecular weight is 319 g/mol. The third kappa shape index (κ3) is 2.50. The van der Waals surface area contributed by atoms with Gasteiger partial charge in [0.05, 0.1) is 15.7 Å². The second kappa shape index (κ2) is 5.43. The largest absolute Gasteiger partial charge is 0.361 e. The normalized spacial score (nSPS) is 10.8.